The zero-order valence-corrected chi connectivity index (χ0v) is 17.9. The first-order chi connectivity index (χ1) is 14.2. The second kappa shape index (κ2) is 9.55. The van der Waals surface area contributed by atoms with Crippen LogP contribution < -0.4 is 0 Å². The van der Waals surface area contributed by atoms with E-state index in [0.29, 0.717) is 0 Å². The Morgan fingerprint density at radius 2 is 1.83 bits per heavy atom. The molecule has 0 aliphatic carbocycles. The van der Waals surface area contributed by atoms with Gasteiger partial charge in [0, 0.05) is 13.1 Å². The fraction of sp³-hybridized carbons (Fsp3) is 0.480. The first-order valence-corrected chi connectivity index (χ1v) is 11.1. The summed E-state index contributed by atoms with van der Waals surface area (Å²) in [6.45, 7) is 11.3. The predicted molar refractivity (Wildman–Crippen MR) is 121 cm³/mol. The fourth-order valence-electron chi connectivity index (χ4n) is 4.52. The Morgan fingerprint density at radius 1 is 1.07 bits per heavy atom. The maximum Gasteiger partial charge on any atom is 0.121 e. The molecule has 1 saturated heterocycles. The van der Waals surface area contributed by atoms with Crippen LogP contribution >= 0.6 is 0 Å². The number of H-pyrrole nitrogens is 1. The number of rotatable bonds is 8. The van der Waals surface area contributed by atoms with Gasteiger partial charge < -0.3 is 9.88 Å². The van der Waals surface area contributed by atoms with Gasteiger partial charge in [-0.25, -0.2) is 4.98 Å². The van der Waals surface area contributed by atoms with E-state index in [-0.39, 0.29) is 0 Å². The monoisotopic (exact) mass is 390 g/mol. The molecule has 3 aromatic rings. The summed E-state index contributed by atoms with van der Waals surface area (Å²) < 4.78 is 0. The summed E-state index contributed by atoms with van der Waals surface area (Å²) >= 11 is 0. The third kappa shape index (κ3) is 5.26. The Hall–Kier alpha value is -2.17. The normalized spacial score (nSPS) is 16.1. The maximum absolute atomic E-state index is 4.76. The molecule has 1 fully saturated rings. The van der Waals surface area contributed by atoms with Gasteiger partial charge in [0.05, 0.1) is 17.6 Å². The van der Waals surface area contributed by atoms with Crippen molar-refractivity contribution >= 4 is 11.0 Å². The van der Waals surface area contributed by atoms with Crippen LogP contribution in [0.3, 0.4) is 0 Å². The van der Waals surface area contributed by atoms with Gasteiger partial charge >= 0.3 is 0 Å². The van der Waals surface area contributed by atoms with E-state index in [1.165, 1.54) is 56.6 Å². The Balaban J connectivity index is 1.24. The van der Waals surface area contributed by atoms with E-state index in [9.17, 15) is 0 Å². The van der Waals surface area contributed by atoms with Gasteiger partial charge in [0.15, 0.2) is 0 Å². The van der Waals surface area contributed by atoms with Crippen LogP contribution in [-0.2, 0) is 13.0 Å². The first-order valence-electron chi connectivity index (χ1n) is 11.1. The minimum atomic E-state index is 0.800. The number of benzene rings is 2. The van der Waals surface area contributed by atoms with Gasteiger partial charge in [-0.3, -0.25) is 4.90 Å². The van der Waals surface area contributed by atoms with Crippen LogP contribution in [0.2, 0.25) is 0 Å². The van der Waals surface area contributed by atoms with Gasteiger partial charge in [-0.2, -0.15) is 0 Å². The lowest BCUT2D eigenvalue weighted by Gasteiger charge is -2.34. The Kier molecular flexibility index (Phi) is 6.63. The number of aryl methyl sites for hydroxylation is 1. The molecular formula is C25H34N4. The summed E-state index contributed by atoms with van der Waals surface area (Å²) in [5.74, 6) is 1.89. The molecule has 0 spiro atoms. The number of imidazole rings is 1. The van der Waals surface area contributed by atoms with Crippen LogP contribution in [-0.4, -0.2) is 52.5 Å². The van der Waals surface area contributed by atoms with Crippen LogP contribution in [0.15, 0.2) is 48.5 Å². The molecule has 2 aromatic carbocycles. The minimum absolute atomic E-state index is 0.800. The summed E-state index contributed by atoms with van der Waals surface area (Å²) in [6, 6.07) is 17.1. The van der Waals surface area contributed by atoms with E-state index >= 15 is 0 Å². The molecule has 1 aliphatic heterocycles. The van der Waals surface area contributed by atoms with Crippen molar-refractivity contribution in [1.29, 1.82) is 0 Å². The van der Waals surface area contributed by atoms with Crippen LogP contribution in [0.1, 0.15) is 36.7 Å². The number of piperidine rings is 1. The number of hydrogen-bond acceptors (Lipinski definition) is 3. The second-order valence-corrected chi connectivity index (χ2v) is 8.49. The van der Waals surface area contributed by atoms with Gasteiger partial charge in [0.25, 0.3) is 0 Å². The van der Waals surface area contributed by atoms with Crippen molar-refractivity contribution in [2.24, 2.45) is 5.92 Å². The fourth-order valence-corrected chi connectivity index (χ4v) is 4.52. The molecule has 4 heteroatoms. The highest BCUT2D eigenvalue weighted by Gasteiger charge is 2.21. The minimum Gasteiger partial charge on any atom is -0.341 e. The van der Waals surface area contributed by atoms with Crippen molar-refractivity contribution in [2.45, 2.75) is 39.7 Å². The molecule has 4 rings (SSSR count). The van der Waals surface area contributed by atoms with E-state index in [1.54, 1.807) is 0 Å². The lowest BCUT2D eigenvalue weighted by molar-refractivity contribution is 0.142. The lowest BCUT2D eigenvalue weighted by Crippen LogP contribution is -2.39. The lowest BCUT2D eigenvalue weighted by atomic mass is 9.95. The third-order valence-corrected chi connectivity index (χ3v) is 6.44. The van der Waals surface area contributed by atoms with Crippen LogP contribution in [0.4, 0.5) is 0 Å². The molecular weight excluding hydrogens is 356 g/mol. The molecule has 0 amide bonds. The van der Waals surface area contributed by atoms with E-state index in [2.05, 4.69) is 77.2 Å². The zero-order valence-electron chi connectivity index (χ0n) is 17.9. The molecule has 2 heterocycles. The molecule has 154 valence electrons. The Labute approximate surface area is 174 Å². The topological polar surface area (TPSA) is 35.2 Å². The highest BCUT2D eigenvalue weighted by atomic mass is 15.2. The van der Waals surface area contributed by atoms with E-state index in [0.717, 1.165) is 35.9 Å². The number of para-hydroxylation sites is 2. The number of nitrogens with zero attached hydrogens (tertiary/aromatic N) is 3. The van der Waals surface area contributed by atoms with Crippen LogP contribution in [0.5, 0.6) is 0 Å². The molecule has 0 radical (unpaired) electrons. The van der Waals surface area contributed by atoms with Crippen molar-refractivity contribution < 1.29 is 0 Å². The van der Waals surface area contributed by atoms with Crippen molar-refractivity contribution in [2.75, 3.05) is 32.7 Å². The summed E-state index contributed by atoms with van der Waals surface area (Å²) in [7, 11) is 0. The van der Waals surface area contributed by atoms with Crippen molar-refractivity contribution in [3.63, 3.8) is 0 Å². The largest absolute Gasteiger partial charge is 0.341 e. The van der Waals surface area contributed by atoms with Gasteiger partial charge in [-0.1, -0.05) is 43.3 Å². The number of aromatic amines is 1. The molecule has 0 bridgehead atoms. The van der Waals surface area contributed by atoms with Crippen LogP contribution in [0, 0.1) is 12.8 Å². The van der Waals surface area contributed by atoms with Gasteiger partial charge in [-0.05, 0) is 75.0 Å². The van der Waals surface area contributed by atoms with Gasteiger partial charge in [0.1, 0.15) is 5.82 Å². The Morgan fingerprint density at radius 3 is 2.59 bits per heavy atom. The summed E-state index contributed by atoms with van der Waals surface area (Å²) in [6.07, 6.45) is 3.79. The first kappa shape index (κ1) is 20.1. The summed E-state index contributed by atoms with van der Waals surface area (Å²) in [5, 5.41) is 0. The van der Waals surface area contributed by atoms with Gasteiger partial charge in [0.2, 0.25) is 0 Å². The van der Waals surface area contributed by atoms with Crippen molar-refractivity contribution in [3.8, 4) is 0 Å². The molecule has 1 aliphatic rings. The maximum atomic E-state index is 4.76. The smallest absolute Gasteiger partial charge is 0.121 e. The quantitative estimate of drug-likeness (QED) is 0.608. The zero-order chi connectivity index (χ0) is 20.1. The average Bonchev–Trinajstić information content (AvgIpc) is 3.16. The Bertz CT molecular complexity index is 875. The average molecular weight is 391 g/mol. The number of aromatic nitrogens is 2. The SMILES string of the molecule is CCN(Cc1nc2ccccc2[nH]1)CC1CCN(CCc2ccccc2C)CC1. The second-order valence-electron chi connectivity index (χ2n) is 8.49. The number of fused-ring (bicyclic) bond motifs is 1. The molecule has 0 unspecified atom stereocenters. The third-order valence-electron chi connectivity index (χ3n) is 6.44. The highest BCUT2D eigenvalue weighted by molar-refractivity contribution is 5.74. The van der Waals surface area contributed by atoms with Crippen molar-refractivity contribution in [3.05, 3.63) is 65.5 Å². The van der Waals surface area contributed by atoms with E-state index in [4.69, 9.17) is 4.98 Å². The molecule has 1 aromatic heterocycles. The van der Waals surface area contributed by atoms with Gasteiger partial charge in [-0.15, -0.1) is 0 Å². The van der Waals surface area contributed by atoms with Crippen LogP contribution in [0.25, 0.3) is 11.0 Å². The molecule has 4 nitrogen and oxygen atoms in total. The number of hydrogen-bond donors (Lipinski definition) is 1. The molecule has 1 N–H and O–H groups in total. The molecule has 29 heavy (non-hydrogen) atoms. The predicted octanol–water partition coefficient (Wildman–Crippen LogP) is 4.65. The standard InChI is InChI=1S/C25H34N4/c1-3-28(19-25-26-23-10-6-7-11-24(23)27-25)18-21-12-15-29(16-13-21)17-14-22-9-5-4-8-20(22)2/h4-11,21H,3,12-19H2,1-2H3,(H,26,27). The summed E-state index contributed by atoms with van der Waals surface area (Å²) in [4.78, 5) is 13.4. The van der Waals surface area contributed by atoms with E-state index in [1.807, 2.05) is 0 Å². The molecule has 0 atom stereocenters. The van der Waals surface area contributed by atoms with Crippen molar-refractivity contribution in [1.82, 2.24) is 19.8 Å². The highest BCUT2D eigenvalue weighted by Crippen LogP contribution is 2.20. The number of likely N-dealkylation sites (tertiary alicyclic amines) is 1. The molecule has 0 saturated carbocycles. The summed E-state index contributed by atoms with van der Waals surface area (Å²) in [5.41, 5.74) is 5.13. The number of nitrogens with one attached hydrogen (secondary N) is 1. The van der Waals surface area contributed by atoms with E-state index < -0.39 is 0 Å².